The lowest BCUT2D eigenvalue weighted by Gasteiger charge is -2.16. The third kappa shape index (κ3) is 16.0. The summed E-state index contributed by atoms with van der Waals surface area (Å²) in [5.41, 5.74) is 7.35. The molecule has 78 heavy (non-hydrogen) atoms. The van der Waals surface area contributed by atoms with Crippen molar-refractivity contribution in [2.24, 2.45) is 17.8 Å². The zero-order chi connectivity index (χ0) is 53.9. The Morgan fingerprint density at radius 2 is 0.846 bits per heavy atom. The highest BCUT2D eigenvalue weighted by Gasteiger charge is 2.29. The maximum atomic E-state index is 12.9. The molecule has 0 spiro atoms. The van der Waals surface area contributed by atoms with Crippen LogP contribution in [0.3, 0.4) is 0 Å². The second kappa shape index (κ2) is 28.4. The van der Waals surface area contributed by atoms with E-state index in [0.717, 1.165) is 131 Å². The number of hydrogen-bond acceptors (Lipinski definition) is 23. The highest BCUT2D eigenvalue weighted by atomic mass is 32.1. The molecule has 0 radical (unpaired) electrons. The van der Waals surface area contributed by atoms with Gasteiger partial charge in [-0.25, -0.2) is 0 Å². The number of aromatic nitrogens is 12. The van der Waals surface area contributed by atoms with Crippen molar-refractivity contribution in [1.82, 2.24) is 61.2 Å². The fourth-order valence-electron chi connectivity index (χ4n) is 9.81. The first-order valence-corrected chi connectivity index (χ1v) is 28.9. The van der Waals surface area contributed by atoms with Gasteiger partial charge in [0.2, 0.25) is 5.13 Å². The predicted molar refractivity (Wildman–Crippen MR) is 301 cm³/mol. The largest absolute Gasteiger partial charge is 0.374 e. The van der Waals surface area contributed by atoms with Crippen LogP contribution in [0.4, 0.5) is 22.6 Å². The zero-order valence-corrected chi connectivity index (χ0v) is 46.3. The van der Waals surface area contributed by atoms with Crippen LogP contribution in [-0.2, 0) is 51.2 Å². The number of nitrogen functional groups attached to an aromatic ring is 1. The van der Waals surface area contributed by atoms with E-state index in [0.29, 0.717) is 36.1 Å². The number of anilines is 4. The lowest BCUT2D eigenvalue weighted by atomic mass is 10.0. The Labute approximate surface area is 465 Å². The van der Waals surface area contributed by atoms with Gasteiger partial charge in [0.15, 0.2) is 29.0 Å². The summed E-state index contributed by atoms with van der Waals surface area (Å²) in [6, 6.07) is 31.0. The first-order chi connectivity index (χ1) is 38.3. The smallest absolute Gasteiger partial charge is 0.203 e. The molecule has 3 aliphatic heterocycles. The second-order valence-corrected chi connectivity index (χ2v) is 22.5. The van der Waals surface area contributed by atoms with Gasteiger partial charge in [-0.2, -0.15) is 15.3 Å². The monoisotopic (exact) mass is 1110 g/mol. The van der Waals surface area contributed by atoms with E-state index in [1.54, 1.807) is 18.6 Å². The Morgan fingerprint density at radius 1 is 0.487 bits per heavy atom. The molecule has 3 fully saturated rings. The fourth-order valence-corrected chi connectivity index (χ4v) is 12.5. The van der Waals surface area contributed by atoms with Crippen molar-refractivity contribution in [3.8, 4) is 0 Å². The van der Waals surface area contributed by atoms with Crippen molar-refractivity contribution in [1.29, 1.82) is 0 Å². The SMILES string of the molecule is CCO[C@@H](C(=O)Cc1nnc(C[C@@H]2CCN(c3cccnn3)C2)s1)c1ccccc1.CCO[C@H](C(=O)Cc1nnc(C[C@@H]2CCN(c3cccnn3)C2)s1)c1ccccc1.Nc1nnc(C[C@@H]2CCN(c3cccnn3)C2)s1. The number of benzene rings is 2. The van der Waals surface area contributed by atoms with E-state index in [1.165, 1.54) is 34.0 Å². The van der Waals surface area contributed by atoms with E-state index < -0.39 is 12.2 Å². The van der Waals surface area contributed by atoms with E-state index in [2.05, 4.69) is 75.9 Å². The molecule has 3 saturated heterocycles. The number of ether oxygens (including phenoxy) is 2. The number of hydrogen-bond donors (Lipinski definition) is 1. The molecule has 20 nitrogen and oxygen atoms in total. The topological polar surface area (TPSA) is 243 Å². The summed E-state index contributed by atoms with van der Waals surface area (Å²) in [4.78, 5) is 32.5. The molecule has 9 heterocycles. The molecule has 5 atom stereocenters. The van der Waals surface area contributed by atoms with E-state index in [-0.39, 0.29) is 24.4 Å². The number of ketones is 2. The van der Waals surface area contributed by atoms with Crippen LogP contribution < -0.4 is 20.4 Å². The van der Waals surface area contributed by atoms with Crippen molar-refractivity contribution in [2.45, 2.75) is 77.4 Å². The summed E-state index contributed by atoms with van der Waals surface area (Å²) < 4.78 is 11.4. The number of carbonyl (C=O) groups is 2. The van der Waals surface area contributed by atoms with Crippen molar-refractivity contribution < 1.29 is 19.1 Å². The Bertz CT molecular complexity index is 2900. The second-order valence-electron chi connectivity index (χ2n) is 19.2. The Hall–Kier alpha value is -7.18. The molecular weight excluding hydrogens is 1040 g/mol. The van der Waals surface area contributed by atoms with Crippen molar-refractivity contribution in [2.75, 3.05) is 72.9 Å². The van der Waals surface area contributed by atoms with Gasteiger partial charge in [-0.05, 0) is 98.4 Å². The number of nitrogens with zero attached hydrogens (tertiary/aromatic N) is 15. The summed E-state index contributed by atoms with van der Waals surface area (Å²) >= 11 is 4.54. The molecule has 3 aliphatic rings. The summed E-state index contributed by atoms with van der Waals surface area (Å²) in [6.45, 7) is 10.6. The van der Waals surface area contributed by atoms with Gasteiger partial charge in [0.1, 0.15) is 37.2 Å². The maximum absolute atomic E-state index is 12.9. The number of rotatable bonds is 21. The fraction of sp³-hybridized carbons (Fsp3) is 0.418. The lowest BCUT2D eigenvalue weighted by Crippen LogP contribution is -2.21. The third-order valence-electron chi connectivity index (χ3n) is 13.5. The average molecular weight is 1110 g/mol. The van der Waals surface area contributed by atoms with E-state index in [4.69, 9.17) is 15.2 Å². The summed E-state index contributed by atoms with van der Waals surface area (Å²) in [5, 5.41) is 54.5. The Morgan fingerprint density at radius 3 is 1.18 bits per heavy atom. The van der Waals surface area contributed by atoms with Gasteiger partial charge in [0.25, 0.3) is 0 Å². The standard InChI is InChI=1S/2C22H25N5O2S.C11H14N6S/c2*1-2-29-22(17-7-4-3-5-8-17)18(28)14-21-26-25-20(30-21)13-16-10-12-27(15-16)19-9-6-11-23-24-19;12-11-16-15-10(18-11)6-8-3-5-17(7-8)9-2-1-4-13-14-9/h2*3-9,11,16,22H,2,10,12-15H2,1H3;1-2,4,8H,3,5-7H2,(H2,12,16)/t16-,22+;16-,22-;8-/m000/s1. The molecule has 2 aromatic carbocycles. The van der Waals surface area contributed by atoms with Gasteiger partial charge in [0.05, 0.1) is 12.8 Å². The van der Waals surface area contributed by atoms with Crippen LogP contribution in [-0.4, -0.2) is 125 Å². The van der Waals surface area contributed by atoms with Crippen LogP contribution >= 0.6 is 34.0 Å². The Kier molecular flexibility index (Phi) is 20.3. The summed E-state index contributed by atoms with van der Waals surface area (Å²) in [7, 11) is 0. The quantitative estimate of drug-likeness (QED) is 0.0730. The van der Waals surface area contributed by atoms with Gasteiger partial charge in [-0.15, -0.1) is 68.6 Å². The van der Waals surface area contributed by atoms with Gasteiger partial charge in [0, 0.05) is 90.3 Å². The summed E-state index contributed by atoms with van der Waals surface area (Å²) in [6.07, 6.45) is 10.5. The van der Waals surface area contributed by atoms with E-state index in [9.17, 15) is 9.59 Å². The van der Waals surface area contributed by atoms with Gasteiger partial charge in [-0.1, -0.05) is 72.0 Å². The lowest BCUT2D eigenvalue weighted by molar-refractivity contribution is -0.130. The number of Topliss-reactive ketones (excluding diaryl/α,β-unsaturated/α-hetero) is 2. The van der Waals surface area contributed by atoms with Crippen molar-refractivity contribution in [3.05, 3.63) is 152 Å². The normalized spacial score (nSPS) is 17.7. The summed E-state index contributed by atoms with van der Waals surface area (Å²) in [5.74, 6) is 4.43. The maximum Gasteiger partial charge on any atom is 0.203 e. The molecule has 0 aliphatic carbocycles. The highest BCUT2D eigenvalue weighted by molar-refractivity contribution is 7.15. The molecule has 406 valence electrons. The molecule has 2 N–H and O–H groups in total. The van der Waals surface area contributed by atoms with Gasteiger partial charge in [-0.3, -0.25) is 9.59 Å². The van der Waals surface area contributed by atoms with E-state index >= 15 is 0 Å². The molecule has 23 heteroatoms. The van der Waals surface area contributed by atoms with Crippen molar-refractivity contribution in [3.63, 3.8) is 0 Å². The van der Waals surface area contributed by atoms with Gasteiger partial charge < -0.3 is 29.9 Å². The van der Waals surface area contributed by atoms with Crippen LogP contribution in [0.25, 0.3) is 0 Å². The minimum atomic E-state index is -0.557. The number of nitrogens with two attached hydrogens (primary N) is 1. The first-order valence-electron chi connectivity index (χ1n) is 26.4. The van der Waals surface area contributed by atoms with Crippen LogP contribution in [0.15, 0.2) is 116 Å². The molecule has 6 aromatic heterocycles. The van der Waals surface area contributed by atoms with Crippen LogP contribution in [0.5, 0.6) is 0 Å². The first kappa shape index (κ1) is 55.6. The Balaban J connectivity index is 0.000000147. The molecule has 11 rings (SSSR count). The van der Waals surface area contributed by atoms with E-state index in [1.807, 2.05) is 111 Å². The molecule has 0 amide bonds. The molecule has 8 aromatic rings. The molecule has 0 unspecified atom stereocenters. The van der Waals surface area contributed by atoms with Crippen LogP contribution in [0, 0.1) is 17.8 Å². The zero-order valence-electron chi connectivity index (χ0n) is 43.8. The predicted octanol–water partition coefficient (Wildman–Crippen LogP) is 7.55. The highest BCUT2D eigenvalue weighted by Crippen LogP contribution is 2.30. The van der Waals surface area contributed by atoms with Crippen LogP contribution in [0.1, 0.15) is 81.5 Å². The molecule has 0 saturated carbocycles. The molecular formula is C55H64N16O4S3. The third-order valence-corrected chi connectivity index (χ3v) is 16.2. The van der Waals surface area contributed by atoms with Gasteiger partial charge >= 0.3 is 0 Å². The minimum Gasteiger partial charge on any atom is -0.374 e. The van der Waals surface area contributed by atoms with Crippen molar-refractivity contribution >= 4 is 68.2 Å². The number of carbonyl (C=O) groups excluding carboxylic acids is 2. The minimum absolute atomic E-state index is 0.0143. The molecule has 0 bridgehead atoms. The average Bonchev–Trinajstić information content (AvgIpc) is 4.38. The van der Waals surface area contributed by atoms with Crippen LogP contribution in [0.2, 0.25) is 0 Å².